The van der Waals surface area contributed by atoms with E-state index in [-0.39, 0.29) is 11.2 Å². The van der Waals surface area contributed by atoms with E-state index in [9.17, 15) is 4.79 Å². The maximum absolute atomic E-state index is 12.0. The molecule has 2 nitrogen and oxygen atoms in total. The van der Waals surface area contributed by atoms with Crippen LogP contribution in [-0.4, -0.2) is 35.0 Å². The van der Waals surface area contributed by atoms with Crippen LogP contribution in [0.5, 0.6) is 0 Å². The normalized spacial score (nSPS) is 20.8. The number of hydrogen-bond donors (Lipinski definition) is 1. The molecular weight excluding hydrogens is 274 g/mol. The minimum atomic E-state index is 0.158. The van der Waals surface area contributed by atoms with Gasteiger partial charge in [-0.25, -0.2) is 0 Å². The maximum Gasteiger partial charge on any atom is 0.233 e. The Balaban J connectivity index is 1.69. The van der Waals surface area contributed by atoms with Gasteiger partial charge in [0.05, 0.1) is 5.25 Å². The van der Waals surface area contributed by atoms with Gasteiger partial charge in [0.1, 0.15) is 0 Å². The van der Waals surface area contributed by atoms with E-state index < -0.39 is 0 Å². The molecule has 1 aliphatic rings. The summed E-state index contributed by atoms with van der Waals surface area (Å²) in [6, 6.07) is 10.5. The van der Waals surface area contributed by atoms with Gasteiger partial charge in [0, 0.05) is 23.8 Å². The van der Waals surface area contributed by atoms with Crippen LogP contribution in [0.2, 0.25) is 0 Å². The number of nitrogens with one attached hydrogen (secondary N) is 1. The third-order valence-electron chi connectivity index (χ3n) is 3.35. The number of thioether (sulfide) groups is 2. The molecule has 1 aromatic rings. The van der Waals surface area contributed by atoms with Crippen molar-refractivity contribution in [3.8, 4) is 0 Å². The fourth-order valence-corrected chi connectivity index (χ4v) is 4.69. The average molecular weight is 295 g/mol. The number of carbonyl (C=O) groups is 1. The molecule has 0 spiro atoms. The summed E-state index contributed by atoms with van der Waals surface area (Å²) in [6.07, 6.45) is 1.00. The first-order chi connectivity index (χ1) is 9.27. The number of rotatable bonds is 5. The number of carbonyl (C=O) groups excluding carboxylic acids is 1. The minimum Gasteiger partial charge on any atom is -0.355 e. The smallest absolute Gasteiger partial charge is 0.233 e. The molecular formula is C15H21NOS2. The van der Waals surface area contributed by atoms with Crippen LogP contribution >= 0.6 is 23.5 Å². The zero-order chi connectivity index (χ0) is 13.5. The number of hydrogen-bond acceptors (Lipinski definition) is 3. The highest BCUT2D eigenvalue weighted by molar-refractivity contribution is 8.07. The highest BCUT2D eigenvalue weighted by Gasteiger charge is 2.21. The molecule has 4 heteroatoms. The number of amides is 1. The molecule has 1 aromatic carbocycles. The zero-order valence-electron chi connectivity index (χ0n) is 11.3. The standard InChI is InChI=1S/C15H21NOS2/c1-12(13-5-3-2-4-6-13)7-8-16-15(17)14-11-18-9-10-19-14/h2-6,12,14H,7-11H2,1H3,(H,16,17). The Morgan fingerprint density at radius 2 is 2.16 bits per heavy atom. The third-order valence-corrected chi connectivity index (χ3v) is 6.11. The summed E-state index contributed by atoms with van der Waals surface area (Å²) < 4.78 is 0. The highest BCUT2D eigenvalue weighted by atomic mass is 32.2. The quantitative estimate of drug-likeness (QED) is 0.905. The van der Waals surface area contributed by atoms with E-state index in [1.807, 2.05) is 17.8 Å². The van der Waals surface area contributed by atoms with Crippen LogP contribution in [0.3, 0.4) is 0 Å². The van der Waals surface area contributed by atoms with E-state index in [1.165, 1.54) is 11.3 Å². The second-order valence-electron chi connectivity index (χ2n) is 4.83. The second kappa shape index (κ2) is 7.85. The van der Waals surface area contributed by atoms with Gasteiger partial charge in [0.25, 0.3) is 0 Å². The molecule has 0 bridgehead atoms. The summed E-state index contributed by atoms with van der Waals surface area (Å²) in [6.45, 7) is 2.99. The lowest BCUT2D eigenvalue weighted by Crippen LogP contribution is -2.36. The topological polar surface area (TPSA) is 29.1 Å². The molecule has 1 amide bonds. The van der Waals surface area contributed by atoms with E-state index >= 15 is 0 Å². The van der Waals surface area contributed by atoms with Crippen LogP contribution in [0.4, 0.5) is 0 Å². The SMILES string of the molecule is CC(CCNC(=O)C1CSCCS1)c1ccccc1. The van der Waals surface area contributed by atoms with E-state index in [2.05, 4.69) is 36.5 Å². The Morgan fingerprint density at radius 3 is 2.84 bits per heavy atom. The first kappa shape index (κ1) is 14.8. The van der Waals surface area contributed by atoms with Crippen LogP contribution in [-0.2, 0) is 4.79 Å². The van der Waals surface area contributed by atoms with E-state index in [0.29, 0.717) is 5.92 Å². The van der Waals surface area contributed by atoms with E-state index in [0.717, 1.165) is 24.5 Å². The second-order valence-corrected chi connectivity index (χ2v) is 7.29. The molecule has 1 saturated heterocycles. The summed E-state index contributed by atoms with van der Waals surface area (Å²) in [5, 5.41) is 3.24. The summed E-state index contributed by atoms with van der Waals surface area (Å²) in [5.74, 6) is 3.96. The molecule has 0 saturated carbocycles. The summed E-state index contributed by atoms with van der Waals surface area (Å²) in [5.41, 5.74) is 1.35. The Morgan fingerprint density at radius 1 is 1.37 bits per heavy atom. The Kier molecular flexibility index (Phi) is 6.11. The molecule has 1 heterocycles. The van der Waals surface area contributed by atoms with Crippen molar-refractivity contribution in [2.24, 2.45) is 0 Å². The molecule has 1 aliphatic heterocycles. The molecule has 19 heavy (non-hydrogen) atoms. The van der Waals surface area contributed by atoms with Crippen molar-refractivity contribution in [3.63, 3.8) is 0 Å². The van der Waals surface area contributed by atoms with Crippen LogP contribution < -0.4 is 5.32 Å². The summed E-state index contributed by atoms with van der Waals surface area (Å²) >= 11 is 3.68. The first-order valence-electron chi connectivity index (χ1n) is 6.79. The molecule has 1 fully saturated rings. The van der Waals surface area contributed by atoms with Gasteiger partial charge >= 0.3 is 0 Å². The van der Waals surface area contributed by atoms with E-state index in [4.69, 9.17) is 0 Å². The van der Waals surface area contributed by atoms with Gasteiger partial charge in [0.2, 0.25) is 5.91 Å². The first-order valence-corrected chi connectivity index (χ1v) is 8.99. The Hall–Kier alpha value is -0.610. The van der Waals surface area contributed by atoms with Crippen LogP contribution in [0.25, 0.3) is 0 Å². The number of benzene rings is 1. The van der Waals surface area contributed by atoms with Crippen molar-refractivity contribution in [1.82, 2.24) is 5.32 Å². The van der Waals surface area contributed by atoms with Gasteiger partial charge in [-0.1, -0.05) is 37.3 Å². The Bertz CT molecular complexity index is 390. The Labute approximate surface area is 124 Å². The van der Waals surface area contributed by atoms with Gasteiger partial charge in [-0.05, 0) is 17.9 Å². The average Bonchev–Trinajstić information content (AvgIpc) is 2.49. The molecule has 2 unspecified atom stereocenters. The lowest BCUT2D eigenvalue weighted by molar-refractivity contribution is -0.120. The minimum absolute atomic E-state index is 0.158. The van der Waals surface area contributed by atoms with Gasteiger partial charge in [0.15, 0.2) is 0 Å². The molecule has 2 rings (SSSR count). The van der Waals surface area contributed by atoms with Crippen LogP contribution in [0, 0.1) is 0 Å². The van der Waals surface area contributed by atoms with Gasteiger partial charge in [-0.15, -0.1) is 11.8 Å². The van der Waals surface area contributed by atoms with Crippen LogP contribution in [0.1, 0.15) is 24.8 Å². The van der Waals surface area contributed by atoms with E-state index in [1.54, 1.807) is 11.8 Å². The third kappa shape index (κ3) is 4.77. The molecule has 2 atom stereocenters. The van der Waals surface area contributed by atoms with Crippen LogP contribution in [0.15, 0.2) is 30.3 Å². The predicted octanol–water partition coefficient (Wildman–Crippen LogP) is 3.15. The fraction of sp³-hybridized carbons (Fsp3) is 0.533. The maximum atomic E-state index is 12.0. The van der Waals surface area contributed by atoms with Crippen molar-refractivity contribution in [2.75, 3.05) is 23.8 Å². The van der Waals surface area contributed by atoms with Gasteiger partial charge in [-0.3, -0.25) is 4.79 Å². The van der Waals surface area contributed by atoms with Crippen molar-refractivity contribution in [3.05, 3.63) is 35.9 Å². The zero-order valence-corrected chi connectivity index (χ0v) is 12.9. The van der Waals surface area contributed by atoms with Gasteiger partial charge in [-0.2, -0.15) is 11.8 Å². The van der Waals surface area contributed by atoms with Crippen molar-refractivity contribution >= 4 is 29.4 Å². The van der Waals surface area contributed by atoms with Gasteiger partial charge < -0.3 is 5.32 Å². The summed E-state index contributed by atoms with van der Waals surface area (Å²) in [7, 11) is 0. The monoisotopic (exact) mass is 295 g/mol. The van der Waals surface area contributed by atoms with Crippen molar-refractivity contribution in [1.29, 1.82) is 0 Å². The molecule has 1 N–H and O–H groups in total. The van der Waals surface area contributed by atoms with Crippen molar-refractivity contribution < 1.29 is 4.79 Å². The highest BCUT2D eigenvalue weighted by Crippen LogP contribution is 2.24. The fourth-order valence-electron chi connectivity index (χ4n) is 2.11. The lowest BCUT2D eigenvalue weighted by Gasteiger charge is -2.20. The molecule has 0 radical (unpaired) electrons. The molecule has 104 valence electrons. The largest absolute Gasteiger partial charge is 0.355 e. The molecule has 0 aromatic heterocycles. The van der Waals surface area contributed by atoms with Crippen molar-refractivity contribution in [2.45, 2.75) is 24.5 Å². The lowest BCUT2D eigenvalue weighted by atomic mass is 9.98. The predicted molar refractivity (Wildman–Crippen MR) is 86.1 cm³/mol. The summed E-state index contributed by atoms with van der Waals surface area (Å²) in [4.78, 5) is 12.0. The molecule has 0 aliphatic carbocycles.